The molecule has 2 aromatic rings. The van der Waals surface area contributed by atoms with E-state index in [4.69, 9.17) is 10.5 Å². The third kappa shape index (κ3) is 2.85. The number of nitrogens with two attached hydrogens (primary N) is 1. The van der Waals surface area contributed by atoms with Crippen molar-refractivity contribution < 1.29 is 4.74 Å². The number of nitrogens with one attached hydrogen (secondary N) is 1. The molecule has 0 fully saturated rings. The normalized spacial score (nSPS) is 10.2. The summed E-state index contributed by atoms with van der Waals surface area (Å²) in [6.45, 7) is 2.54. The third-order valence-electron chi connectivity index (χ3n) is 2.27. The minimum Gasteiger partial charge on any atom is -0.495 e. The van der Waals surface area contributed by atoms with E-state index in [1.54, 1.807) is 7.11 Å². The average Bonchev–Trinajstić information content (AvgIpc) is 2.73. The van der Waals surface area contributed by atoms with E-state index in [2.05, 4.69) is 14.7 Å². The van der Waals surface area contributed by atoms with E-state index >= 15 is 0 Å². The molecule has 0 aliphatic rings. The minimum atomic E-state index is 0.639. The molecular formula is C11H14N4OS. The second-order valence-corrected chi connectivity index (χ2v) is 4.33. The van der Waals surface area contributed by atoms with Gasteiger partial charge in [0.05, 0.1) is 12.8 Å². The summed E-state index contributed by atoms with van der Waals surface area (Å²) in [5, 5.41) is 4.01. The van der Waals surface area contributed by atoms with Crippen molar-refractivity contribution in [3.63, 3.8) is 0 Å². The molecule has 6 heteroatoms. The Morgan fingerprint density at radius 1 is 1.47 bits per heavy atom. The number of hydrogen-bond donors (Lipinski definition) is 2. The minimum absolute atomic E-state index is 0.639. The maximum atomic E-state index is 5.83. The molecule has 0 bridgehead atoms. The average molecular weight is 250 g/mol. The van der Waals surface area contributed by atoms with Crippen molar-refractivity contribution in [2.24, 2.45) is 0 Å². The second-order valence-electron chi connectivity index (χ2n) is 3.58. The Balaban J connectivity index is 2.02. The van der Waals surface area contributed by atoms with Crippen LogP contribution >= 0.6 is 11.5 Å². The van der Waals surface area contributed by atoms with Crippen molar-refractivity contribution in [3.05, 3.63) is 29.6 Å². The van der Waals surface area contributed by atoms with Crippen LogP contribution < -0.4 is 15.8 Å². The zero-order chi connectivity index (χ0) is 12.3. The Morgan fingerprint density at radius 3 is 2.88 bits per heavy atom. The van der Waals surface area contributed by atoms with Crippen LogP contribution in [0.3, 0.4) is 0 Å². The van der Waals surface area contributed by atoms with Gasteiger partial charge in [-0.05, 0) is 24.6 Å². The number of nitrogen functional groups attached to an aromatic ring is 1. The summed E-state index contributed by atoms with van der Waals surface area (Å²) >= 11 is 1.35. The molecule has 1 aromatic heterocycles. The predicted octanol–water partition coefficient (Wildman–Crippen LogP) is 2.05. The van der Waals surface area contributed by atoms with Gasteiger partial charge in [0.15, 0.2) is 0 Å². The molecule has 0 amide bonds. The lowest BCUT2D eigenvalue weighted by Gasteiger charge is -2.07. The zero-order valence-electron chi connectivity index (χ0n) is 9.73. The quantitative estimate of drug-likeness (QED) is 0.812. The molecule has 0 aliphatic carbocycles. The van der Waals surface area contributed by atoms with E-state index < -0.39 is 0 Å². The lowest BCUT2D eigenvalue weighted by atomic mass is 10.2. The van der Waals surface area contributed by atoms with Crippen LogP contribution in [0.1, 0.15) is 11.4 Å². The lowest BCUT2D eigenvalue weighted by Crippen LogP contribution is -2.00. The number of hydrogen-bond acceptors (Lipinski definition) is 6. The molecule has 1 heterocycles. The Bertz CT molecular complexity index is 512. The van der Waals surface area contributed by atoms with E-state index in [0.717, 1.165) is 16.5 Å². The fourth-order valence-corrected chi connectivity index (χ4v) is 2.01. The summed E-state index contributed by atoms with van der Waals surface area (Å²) in [4.78, 5) is 4.22. The molecule has 0 atom stereocenters. The standard InChI is InChI=1S/C11H14N4OS/c1-7-14-11(17-15-7)13-6-8-3-4-10(16-2)9(12)5-8/h3-5H,6,12H2,1-2H3,(H,13,14,15). The first kappa shape index (κ1) is 11.7. The van der Waals surface area contributed by atoms with Crippen LogP contribution in [-0.2, 0) is 6.54 Å². The Morgan fingerprint density at radius 2 is 2.29 bits per heavy atom. The van der Waals surface area contributed by atoms with Crippen molar-refractivity contribution in [3.8, 4) is 5.75 Å². The number of aryl methyl sites for hydroxylation is 1. The van der Waals surface area contributed by atoms with E-state index in [0.29, 0.717) is 18.0 Å². The SMILES string of the molecule is COc1ccc(CNc2nc(C)ns2)cc1N. The number of aromatic nitrogens is 2. The highest BCUT2D eigenvalue weighted by molar-refractivity contribution is 7.09. The van der Waals surface area contributed by atoms with Gasteiger partial charge in [-0.1, -0.05) is 6.07 Å². The van der Waals surface area contributed by atoms with Crippen LogP contribution in [0.15, 0.2) is 18.2 Å². The van der Waals surface area contributed by atoms with Crippen LogP contribution in [0.5, 0.6) is 5.75 Å². The molecule has 0 radical (unpaired) electrons. The summed E-state index contributed by atoms with van der Waals surface area (Å²) < 4.78 is 9.20. The summed E-state index contributed by atoms with van der Waals surface area (Å²) in [7, 11) is 1.60. The van der Waals surface area contributed by atoms with Crippen molar-refractivity contribution in [1.29, 1.82) is 0 Å². The van der Waals surface area contributed by atoms with Gasteiger partial charge in [0.2, 0.25) is 5.13 Å². The molecule has 0 spiro atoms. The number of methoxy groups -OCH3 is 1. The fourth-order valence-electron chi connectivity index (χ4n) is 1.44. The highest BCUT2D eigenvalue weighted by Gasteiger charge is 2.02. The summed E-state index contributed by atoms with van der Waals surface area (Å²) in [5.41, 5.74) is 7.55. The van der Waals surface area contributed by atoms with Crippen LogP contribution in [0.4, 0.5) is 10.8 Å². The smallest absolute Gasteiger partial charge is 0.202 e. The van der Waals surface area contributed by atoms with Crippen molar-refractivity contribution in [2.45, 2.75) is 13.5 Å². The van der Waals surface area contributed by atoms with Crippen molar-refractivity contribution in [1.82, 2.24) is 9.36 Å². The molecular weight excluding hydrogens is 236 g/mol. The number of nitrogens with zero attached hydrogens (tertiary/aromatic N) is 2. The summed E-state index contributed by atoms with van der Waals surface area (Å²) in [5.74, 6) is 1.48. The largest absolute Gasteiger partial charge is 0.495 e. The van der Waals surface area contributed by atoms with E-state index in [1.807, 2.05) is 25.1 Å². The van der Waals surface area contributed by atoms with Gasteiger partial charge >= 0.3 is 0 Å². The van der Waals surface area contributed by atoms with Crippen LogP contribution in [0, 0.1) is 6.92 Å². The third-order valence-corrected chi connectivity index (χ3v) is 3.03. The van der Waals surface area contributed by atoms with Gasteiger partial charge in [0.1, 0.15) is 11.6 Å². The molecule has 1 aromatic carbocycles. The molecule has 0 unspecified atom stereocenters. The highest BCUT2D eigenvalue weighted by atomic mass is 32.1. The molecule has 17 heavy (non-hydrogen) atoms. The van der Waals surface area contributed by atoms with Gasteiger partial charge < -0.3 is 15.8 Å². The van der Waals surface area contributed by atoms with Crippen LogP contribution in [-0.4, -0.2) is 16.5 Å². The van der Waals surface area contributed by atoms with Gasteiger partial charge in [-0.3, -0.25) is 0 Å². The number of anilines is 2. The van der Waals surface area contributed by atoms with E-state index in [9.17, 15) is 0 Å². The Hall–Kier alpha value is -1.82. The van der Waals surface area contributed by atoms with Crippen LogP contribution in [0.25, 0.3) is 0 Å². The highest BCUT2D eigenvalue weighted by Crippen LogP contribution is 2.22. The molecule has 0 aliphatic heterocycles. The van der Waals surface area contributed by atoms with Crippen molar-refractivity contribution in [2.75, 3.05) is 18.2 Å². The zero-order valence-corrected chi connectivity index (χ0v) is 10.5. The molecule has 0 saturated heterocycles. The fraction of sp³-hybridized carbons (Fsp3) is 0.273. The van der Waals surface area contributed by atoms with Gasteiger partial charge in [0.25, 0.3) is 0 Å². The topological polar surface area (TPSA) is 73.1 Å². The molecule has 90 valence electrons. The Labute approximate surface area is 104 Å². The van der Waals surface area contributed by atoms with E-state index in [1.165, 1.54) is 11.5 Å². The van der Waals surface area contributed by atoms with Gasteiger partial charge in [-0.15, -0.1) is 0 Å². The van der Waals surface area contributed by atoms with Crippen molar-refractivity contribution >= 4 is 22.4 Å². The number of ether oxygens (including phenoxy) is 1. The maximum absolute atomic E-state index is 5.83. The molecule has 3 N–H and O–H groups in total. The number of rotatable bonds is 4. The van der Waals surface area contributed by atoms with E-state index in [-0.39, 0.29) is 0 Å². The second kappa shape index (κ2) is 5.01. The number of benzene rings is 1. The molecule has 5 nitrogen and oxygen atoms in total. The van der Waals surface area contributed by atoms with Gasteiger partial charge in [-0.2, -0.15) is 4.37 Å². The van der Waals surface area contributed by atoms with Crippen LogP contribution in [0.2, 0.25) is 0 Å². The monoisotopic (exact) mass is 250 g/mol. The maximum Gasteiger partial charge on any atom is 0.202 e. The lowest BCUT2D eigenvalue weighted by molar-refractivity contribution is 0.417. The predicted molar refractivity (Wildman–Crippen MR) is 69.4 cm³/mol. The summed E-state index contributed by atoms with van der Waals surface area (Å²) in [6.07, 6.45) is 0. The summed E-state index contributed by atoms with van der Waals surface area (Å²) in [6, 6.07) is 5.72. The first-order valence-electron chi connectivity index (χ1n) is 5.15. The van der Waals surface area contributed by atoms with Gasteiger partial charge in [-0.25, -0.2) is 4.98 Å². The first-order chi connectivity index (χ1) is 8.19. The molecule has 2 rings (SSSR count). The first-order valence-corrected chi connectivity index (χ1v) is 5.93. The molecule has 0 saturated carbocycles. The Kier molecular flexibility index (Phi) is 3.43. The van der Waals surface area contributed by atoms with Gasteiger partial charge in [0, 0.05) is 18.1 Å².